The number of aromatic nitrogens is 1. The first-order chi connectivity index (χ1) is 12.0. The molecular weight excluding hydrogens is 347 g/mol. The molecule has 26 heavy (non-hydrogen) atoms. The first-order valence-corrected chi connectivity index (χ1v) is 8.74. The van der Waals surface area contributed by atoms with Crippen LogP contribution in [-0.4, -0.2) is 47.8 Å². The van der Waals surface area contributed by atoms with Crippen molar-refractivity contribution in [1.82, 2.24) is 9.88 Å². The van der Waals surface area contributed by atoms with E-state index in [1.807, 2.05) is 25.7 Å². The Bertz CT molecular complexity index is 687. The van der Waals surface area contributed by atoms with Crippen LogP contribution in [0.5, 0.6) is 0 Å². The van der Waals surface area contributed by atoms with Gasteiger partial charge in [-0.05, 0) is 45.7 Å². The third-order valence-electron chi connectivity index (χ3n) is 4.93. The van der Waals surface area contributed by atoms with E-state index < -0.39 is 17.5 Å². The van der Waals surface area contributed by atoms with E-state index in [1.165, 1.54) is 6.20 Å². The Labute approximate surface area is 151 Å². The molecule has 1 amide bonds. The number of carbonyl (C=O) groups excluding carboxylic acids is 1. The molecule has 0 saturated carbocycles. The average molecular weight is 371 g/mol. The van der Waals surface area contributed by atoms with Crippen molar-refractivity contribution < 1.29 is 22.7 Å². The fourth-order valence-electron chi connectivity index (χ4n) is 3.68. The summed E-state index contributed by atoms with van der Waals surface area (Å²) in [6.45, 7) is 7.99. The van der Waals surface area contributed by atoms with Gasteiger partial charge in [0, 0.05) is 43.5 Å². The first kappa shape index (κ1) is 18.8. The Balaban J connectivity index is 1.67. The van der Waals surface area contributed by atoms with Gasteiger partial charge in [-0.25, -0.2) is 4.79 Å². The number of anilines is 1. The molecule has 1 aromatic rings. The van der Waals surface area contributed by atoms with Crippen molar-refractivity contribution in [2.75, 3.05) is 31.1 Å². The standard InChI is InChI=1S/C18H24F3N3O2/c1-16(2,3)26-15(25)24-9-6-17(12-24)5-8-23(11-17)13-4-7-22-14(10-13)18(19,20)21/h4,7,10H,5-6,8-9,11-12H2,1-3H3. The van der Waals surface area contributed by atoms with Crippen LogP contribution in [0.2, 0.25) is 0 Å². The van der Waals surface area contributed by atoms with Crippen LogP contribution in [0.3, 0.4) is 0 Å². The van der Waals surface area contributed by atoms with Gasteiger partial charge < -0.3 is 14.5 Å². The highest BCUT2D eigenvalue weighted by Crippen LogP contribution is 2.42. The molecule has 0 aromatic carbocycles. The van der Waals surface area contributed by atoms with Gasteiger partial charge in [0.1, 0.15) is 11.3 Å². The third kappa shape index (κ3) is 4.04. The average Bonchev–Trinajstić information content (AvgIpc) is 3.13. The number of amides is 1. The lowest BCUT2D eigenvalue weighted by molar-refractivity contribution is -0.141. The number of pyridine rings is 1. The molecule has 0 radical (unpaired) electrons. The van der Waals surface area contributed by atoms with Crippen LogP contribution >= 0.6 is 0 Å². The molecule has 0 aliphatic carbocycles. The van der Waals surface area contributed by atoms with Crippen LogP contribution in [0.15, 0.2) is 18.3 Å². The Kier molecular flexibility index (Phi) is 4.56. The summed E-state index contributed by atoms with van der Waals surface area (Å²) < 4.78 is 44.1. The van der Waals surface area contributed by atoms with Gasteiger partial charge in [0.2, 0.25) is 0 Å². The second kappa shape index (κ2) is 6.32. The first-order valence-electron chi connectivity index (χ1n) is 8.74. The minimum absolute atomic E-state index is 0.0848. The van der Waals surface area contributed by atoms with Crippen LogP contribution < -0.4 is 4.90 Å². The van der Waals surface area contributed by atoms with E-state index in [-0.39, 0.29) is 11.5 Å². The lowest BCUT2D eigenvalue weighted by atomic mass is 9.86. The maximum atomic E-state index is 12.9. The summed E-state index contributed by atoms with van der Waals surface area (Å²) in [4.78, 5) is 19.3. The predicted octanol–water partition coefficient (Wildman–Crippen LogP) is 3.94. The molecule has 0 N–H and O–H groups in total. The van der Waals surface area contributed by atoms with E-state index in [9.17, 15) is 18.0 Å². The Morgan fingerprint density at radius 1 is 1.19 bits per heavy atom. The smallest absolute Gasteiger partial charge is 0.433 e. The molecule has 3 heterocycles. The van der Waals surface area contributed by atoms with Crippen molar-refractivity contribution in [2.24, 2.45) is 5.41 Å². The van der Waals surface area contributed by atoms with E-state index in [0.29, 0.717) is 31.9 Å². The zero-order chi connectivity index (χ0) is 19.2. The van der Waals surface area contributed by atoms with Crippen molar-refractivity contribution in [3.05, 3.63) is 24.0 Å². The van der Waals surface area contributed by atoms with Gasteiger partial charge in [0.05, 0.1) is 0 Å². The molecular formula is C18H24F3N3O2. The zero-order valence-electron chi connectivity index (χ0n) is 15.3. The van der Waals surface area contributed by atoms with Crippen molar-refractivity contribution in [2.45, 2.75) is 45.4 Å². The van der Waals surface area contributed by atoms with Crippen LogP contribution in [0.25, 0.3) is 0 Å². The van der Waals surface area contributed by atoms with Crippen LogP contribution in [0.1, 0.15) is 39.3 Å². The number of likely N-dealkylation sites (tertiary alicyclic amines) is 1. The van der Waals surface area contributed by atoms with Gasteiger partial charge in [-0.3, -0.25) is 4.98 Å². The van der Waals surface area contributed by atoms with Crippen molar-refractivity contribution in [1.29, 1.82) is 0 Å². The molecule has 8 heteroatoms. The summed E-state index contributed by atoms with van der Waals surface area (Å²) >= 11 is 0. The van der Waals surface area contributed by atoms with Crippen molar-refractivity contribution >= 4 is 11.8 Å². The Morgan fingerprint density at radius 2 is 1.88 bits per heavy atom. The highest BCUT2D eigenvalue weighted by Gasteiger charge is 2.46. The molecule has 1 unspecified atom stereocenters. The number of nitrogens with zero attached hydrogens (tertiary/aromatic N) is 3. The number of hydrogen-bond acceptors (Lipinski definition) is 4. The van der Waals surface area contributed by atoms with Crippen LogP contribution in [0, 0.1) is 5.41 Å². The lowest BCUT2D eigenvalue weighted by Crippen LogP contribution is -2.37. The van der Waals surface area contributed by atoms with Gasteiger partial charge in [-0.2, -0.15) is 13.2 Å². The van der Waals surface area contributed by atoms with E-state index >= 15 is 0 Å². The summed E-state index contributed by atoms with van der Waals surface area (Å²) in [6, 6.07) is 2.70. The van der Waals surface area contributed by atoms with Crippen LogP contribution in [0.4, 0.5) is 23.7 Å². The van der Waals surface area contributed by atoms with Gasteiger partial charge in [0.15, 0.2) is 0 Å². The van der Waals surface area contributed by atoms with Crippen molar-refractivity contribution in [3.8, 4) is 0 Å². The summed E-state index contributed by atoms with van der Waals surface area (Å²) in [7, 11) is 0. The fraction of sp³-hybridized carbons (Fsp3) is 0.667. The number of hydrogen-bond donors (Lipinski definition) is 0. The minimum Gasteiger partial charge on any atom is -0.444 e. The van der Waals surface area contributed by atoms with Gasteiger partial charge in [-0.15, -0.1) is 0 Å². The molecule has 1 aromatic heterocycles. The molecule has 3 rings (SSSR count). The summed E-state index contributed by atoms with van der Waals surface area (Å²) in [6.07, 6.45) is -1.90. The van der Waals surface area contributed by atoms with Gasteiger partial charge in [0.25, 0.3) is 0 Å². The molecule has 5 nitrogen and oxygen atoms in total. The highest BCUT2D eigenvalue weighted by atomic mass is 19.4. The zero-order valence-corrected chi connectivity index (χ0v) is 15.3. The maximum absolute atomic E-state index is 12.9. The monoisotopic (exact) mass is 371 g/mol. The number of ether oxygens (including phenoxy) is 1. The Morgan fingerprint density at radius 3 is 2.54 bits per heavy atom. The fourth-order valence-corrected chi connectivity index (χ4v) is 3.68. The van der Waals surface area contributed by atoms with Gasteiger partial charge >= 0.3 is 12.3 Å². The molecule has 144 valence electrons. The largest absolute Gasteiger partial charge is 0.444 e. The number of carbonyl (C=O) groups is 1. The highest BCUT2D eigenvalue weighted by molar-refractivity contribution is 5.68. The number of rotatable bonds is 1. The summed E-state index contributed by atoms with van der Waals surface area (Å²) in [5, 5.41) is 0. The molecule has 1 atom stereocenters. The third-order valence-corrected chi connectivity index (χ3v) is 4.93. The quantitative estimate of drug-likeness (QED) is 0.750. The number of alkyl halides is 3. The van der Waals surface area contributed by atoms with E-state index in [1.54, 1.807) is 11.0 Å². The van der Waals surface area contributed by atoms with Gasteiger partial charge in [-0.1, -0.05) is 0 Å². The van der Waals surface area contributed by atoms with E-state index in [0.717, 1.165) is 18.9 Å². The molecule has 0 bridgehead atoms. The summed E-state index contributed by atoms with van der Waals surface area (Å²) in [5.41, 5.74) is -0.976. The molecule has 2 aliphatic heterocycles. The second-order valence-electron chi connectivity index (χ2n) is 8.22. The molecule has 2 aliphatic rings. The predicted molar refractivity (Wildman–Crippen MR) is 90.9 cm³/mol. The molecule has 2 fully saturated rings. The Hall–Kier alpha value is -1.99. The topological polar surface area (TPSA) is 45.7 Å². The SMILES string of the molecule is CC(C)(C)OC(=O)N1CCC2(CCN(c3ccnc(C(F)(F)F)c3)C2)C1. The number of halogens is 3. The molecule has 2 saturated heterocycles. The summed E-state index contributed by atoms with van der Waals surface area (Å²) in [5.74, 6) is 0. The van der Waals surface area contributed by atoms with Crippen LogP contribution in [-0.2, 0) is 10.9 Å². The van der Waals surface area contributed by atoms with E-state index in [2.05, 4.69) is 4.98 Å². The maximum Gasteiger partial charge on any atom is 0.433 e. The molecule has 1 spiro atoms. The van der Waals surface area contributed by atoms with Crippen molar-refractivity contribution in [3.63, 3.8) is 0 Å². The second-order valence-corrected chi connectivity index (χ2v) is 8.22. The lowest BCUT2D eigenvalue weighted by Gasteiger charge is -2.27. The normalized spacial score (nSPS) is 23.8. The minimum atomic E-state index is -4.45. The van der Waals surface area contributed by atoms with E-state index in [4.69, 9.17) is 4.74 Å².